The molecule has 18 heavy (non-hydrogen) atoms. The minimum absolute atomic E-state index is 0.166. The van der Waals surface area contributed by atoms with Crippen LogP contribution in [0, 0.1) is 18.6 Å². The quantitative estimate of drug-likeness (QED) is 0.896. The van der Waals surface area contributed by atoms with Crippen molar-refractivity contribution in [2.24, 2.45) is 5.73 Å². The molecule has 0 saturated carbocycles. The van der Waals surface area contributed by atoms with E-state index in [1.54, 1.807) is 13.8 Å². The number of rotatable bonds is 4. The monoisotopic (exact) mass is 256 g/mol. The third kappa shape index (κ3) is 2.85. The minimum atomic E-state index is -0.842. The SMILES string of the molecule is Cc1ccc(F)c(C(=O)N(CCN)C(C)C)c1F. The summed E-state index contributed by atoms with van der Waals surface area (Å²) in [5, 5.41) is 0. The van der Waals surface area contributed by atoms with Gasteiger partial charge in [0.25, 0.3) is 5.91 Å². The molecule has 3 nitrogen and oxygen atoms in total. The Bertz CT molecular complexity index is 447. The van der Waals surface area contributed by atoms with Gasteiger partial charge in [0, 0.05) is 19.1 Å². The number of carbonyl (C=O) groups is 1. The number of nitrogens with zero attached hydrogens (tertiary/aromatic N) is 1. The van der Waals surface area contributed by atoms with Crippen LogP contribution in [0.3, 0.4) is 0 Å². The second kappa shape index (κ2) is 5.91. The van der Waals surface area contributed by atoms with Crippen LogP contribution in [0.25, 0.3) is 0 Å². The molecule has 0 aliphatic carbocycles. The van der Waals surface area contributed by atoms with E-state index in [2.05, 4.69) is 0 Å². The lowest BCUT2D eigenvalue weighted by Crippen LogP contribution is -2.41. The van der Waals surface area contributed by atoms with E-state index in [4.69, 9.17) is 5.73 Å². The van der Waals surface area contributed by atoms with Gasteiger partial charge in [-0.2, -0.15) is 0 Å². The minimum Gasteiger partial charge on any atom is -0.335 e. The van der Waals surface area contributed by atoms with Crippen LogP contribution >= 0.6 is 0 Å². The number of nitrogens with two attached hydrogens (primary N) is 1. The zero-order chi connectivity index (χ0) is 13.9. The average molecular weight is 256 g/mol. The summed E-state index contributed by atoms with van der Waals surface area (Å²) in [4.78, 5) is 13.5. The largest absolute Gasteiger partial charge is 0.335 e. The predicted octanol–water partition coefficient (Wildman–Crippen LogP) is 2.08. The highest BCUT2D eigenvalue weighted by molar-refractivity contribution is 5.95. The molecule has 1 aromatic carbocycles. The van der Waals surface area contributed by atoms with Crippen molar-refractivity contribution < 1.29 is 13.6 Å². The van der Waals surface area contributed by atoms with Crippen molar-refractivity contribution in [1.82, 2.24) is 4.90 Å². The highest BCUT2D eigenvalue weighted by Gasteiger charge is 2.25. The fourth-order valence-corrected chi connectivity index (χ4v) is 1.73. The maximum atomic E-state index is 13.9. The van der Waals surface area contributed by atoms with Gasteiger partial charge in [0.05, 0.1) is 0 Å². The summed E-state index contributed by atoms with van der Waals surface area (Å²) in [7, 11) is 0. The van der Waals surface area contributed by atoms with E-state index in [1.807, 2.05) is 0 Å². The molecule has 5 heteroatoms. The van der Waals surface area contributed by atoms with Crippen LogP contribution in [-0.2, 0) is 0 Å². The molecule has 0 aliphatic heterocycles. The Morgan fingerprint density at radius 1 is 1.39 bits per heavy atom. The van der Waals surface area contributed by atoms with Crippen LogP contribution in [0.1, 0.15) is 29.8 Å². The van der Waals surface area contributed by atoms with Crippen LogP contribution in [-0.4, -0.2) is 29.9 Å². The summed E-state index contributed by atoms with van der Waals surface area (Å²) in [6.45, 7) is 5.56. The molecule has 0 fully saturated rings. The Labute approximate surface area is 106 Å². The van der Waals surface area contributed by atoms with Crippen molar-refractivity contribution in [3.05, 3.63) is 34.9 Å². The zero-order valence-corrected chi connectivity index (χ0v) is 10.8. The van der Waals surface area contributed by atoms with Gasteiger partial charge in [-0.15, -0.1) is 0 Å². The number of hydrogen-bond acceptors (Lipinski definition) is 2. The lowest BCUT2D eigenvalue weighted by Gasteiger charge is -2.26. The second-order valence-corrected chi connectivity index (χ2v) is 4.43. The lowest BCUT2D eigenvalue weighted by atomic mass is 10.1. The molecule has 0 aromatic heterocycles. The number of amides is 1. The first kappa shape index (κ1) is 14.6. The molecular weight excluding hydrogens is 238 g/mol. The first-order valence-electron chi connectivity index (χ1n) is 5.85. The van der Waals surface area contributed by atoms with E-state index in [0.29, 0.717) is 0 Å². The van der Waals surface area contributed by atoms with Crippen LogP contribution in [0.4, 0.5) is 8.78 Å². The van der Waals surface area contributed by atoms with Crippen LogP contribution in [0.15, 0.2) is 12.1 Å². The van der Waals surface area contributed by atoms with Gasteiger partial charge in [0.1, 0.15) is 17.2 Å². The molecular formula is C13H18F2N2O. The fourth-order valence-electron chi connectivity index (χ4n) is 1.73. The van der Waals surface area contributed by atoms with Gasteiger partial charge in [0.2, 0.25) is 0 Å². The number of halogens is 2. The Morgan fingerprint density at radius 2 is 2.00 bits per heavy atom. The van der Waals surface area contributed by atoms with Crippen LogP contribution in [0.5, 0.6) is 0 Å². The molecule has 2 N–H and O–H groups in total. The summed E-state index contributed by atoms with van der Waals surface area (Å²) in [5.74, 6) is -2.30. The van der Waals surface area contributed by atoms with Crippen molar-refractivity contribution in [3.8, 4) is 0 Å². The molecule has 0 atom stereocenters. The van der Waals surface area contributed by atoms with Gasteiger partial charge in [-0.3, -0.25) is 4.79 Å². The van der Waals surface area contributed by atoms with Crippen molar-refractivity contribution in [2.45, 2.75) is 26.8 Å². The summed E-state index contributed by atoms with van der Waals surface area (Å²) in [6, 6.07) is 2.25. The molecule has 0 spiro atoms. The van der Waals surface area contributed by atoms with Gasteiger partial charge in [-0.1, -0.05) is 6.07 Å². The molecule has 0 saturated heterocycles. The van der Waals surface area contributed by atoms with E-state index in [0.717, 1.165) is 6.07 Å². The molecule has 0 radical (unpaired) electrons. The Kier molecular flexibility index (Phi) is 4.78. The van der Waals surface area contributed by atoms with Crippen molar-refractivity contribution in [1.29, 1.82) is 0 Å². The van der Waals surface area contributed by atoms with E-state index in [1.165, 1.54) is 17.9 Å². The van der Waals surface area contributed by atoms with Crippen molar-refractivity contribution >= 4 is 5.91 Å². The maximum Gasteiger partial charge on any atom is 0.260 e. The van der Waals surface area contributed by atoms with E-state index in [-0.39, 0.29) is 24.7 Å². The first-order chi connectivity index (χ1) is 8.40. The molecule has 0 aliphatic rings. The highest BCUT2D eigenvalue weighted by atomic mass is 19.1. The molecule has 100 valence electrons. The Balaban J connectivity index is 3.20. The molecule has 0 unspecified atom stereocenters. The number of hydrogen-bond donors (Lipinski definition) is 1. The molecule has 1 amide bonds. The van der Waals surface area contributed by atoms with Crippen molar-refractivity contribution in [2.75, 3.05) is 13.1 Å². The third-order valence-electron chi connectivity index (χ3n) is 2.75. The van der Waals surface area contributed by atoms with E-state index >= 15 is 0 Å². The number of aryl methyl sites for hydroxylation is 1. The van der Waals surface area contributed by atoms with Crippen molar-refractivity contribution in [3.63, 3.8) is 0 Å². The summed E-state index contributed by atoms with van der Waals surface area (Å²) in [6.07, 6.45) is 0. The second-order valence-electron chi connectivity index (χ2n) is 4.43. The topological polar surface area (TPSA) is 46.3 Å². The molecule has 0 bridgehead atoms. The van der Waals surface area contributed by atoms with Gasteiger partial charge in [-0.05, 0) is 32.4 Å². The van der Waals surface area contributed by atoms with E-state index in [9.17, 15) is 13.6 Å². The van der Waals surface area contributed by atoms with Gasteiger partial charge in [0.15, 0.2) is 0 Å². The summed E-state index contributed by atoms with van der Waals surface area (Å²) >= 11 is 0. The predicted molar refractivity (Wildman–Crippen MR) is 66.3 cm³/mol. The molecule has 1 aromatic rings. The fraction of sp³-hybridized carbons (Fsp3) is 0.462. The normalized spacial score (nSPS) is 10.8. The van der Waals surface area contributed by atoms with Crippen LogP contribution < -0.4 is 5.73 Å². The standard InChI is InChI=1S/C13H18F2N2O/c1-8(2)17(7-6-16)13(18)11-10(14)5-4-9(3)12(11)15/h4-5,8H,6-7,16H2,1-3H3. The average Bonchev–Trinajstić information content (AvgIpc) is 2.30. The van der Waals surface area contributed by atoms with Gasteiger partial charge in [-0.25, -0.2) is 8.78 Å². The lowest BCUT2D eigenvalue weighted by molar-refractivity contribution is 0.0701. The number of carbonyl (C=O) groups excluding carboxylic acids is 1. The number of benzene rings is 1. The first-order valence-corrected chi connectivity index (χ1v) is 5.85. The third-order valence-corrected chi connectivity index (χ3v) is 2.75. The Morgan fingerprint density at radius 3 is 2.50 bits per heavy atom. The molecule has 0 heterocycles. The maximum absolute atomic E-state index is 13.9. The summed E-state index contributed by atoms with van der Waals surface area (Å²) < 4.78 is 27.5. The highest BCUT2D eigenvalue weighted by Crippen LogP contribution is 2.19. The Hall–Kier alpha value is -1.49. The van der Waals surface area contributed by atoms with E-state index < -0.39 is 23.1 Å². The van der Waals surface area contributed by atoms with Gasteiger partial charge < -0.3 is 10.6 Å². The molecule has 1 rings (SSSR count). The zero-order valence-electron chi connectivity index (χ0n) is 10.8. The smallest absolute Gasteiger partial charge is 0.260 e. The summed E-state index contributed by atoms with van der Waals surface area (Å²) in [5.41, 5.74) is 5.15. The van der Waals surface area contributed by atoms with Crippen LogP contribution in [0.2, 0.25) is 0 Å². The van der Waals surface area contributed by atoms with Gasteiger partial charge >= 0.3 is 0 Å².